The van der Waals surface area contributed by atoms with E-state index in [9.17, 15) is 14.7 Å². The minimum Gasteiger partial charge on any atom is -0.504 e. The van der Waals surface area contributed by atoms with Gasteiger partial charge in [-0.15, -0.1) is 0 Å². The standard InChI is InChI=1S/C31H26O4/c1-3-20-14-16-25-30(34)24(21-10-6-4-7-11-21)19-28(33)31(25,23-12-8-5-9-13-23)29(20)22-15-17-26(32)27(18-22)35-2/h3-15,17-19,25,29,32H,1,16H2,2H3/t25-,29+,31-/m0/s1. The second-order valence-corrected chi connectivity index (χ2v) is 8.95. The Morgan fingerprint density at radius 1 is 1.00 bits per heavy atom. The third-order valence-electron chi connectivity index (χ3n) is 7.30. The lowest BCUT2D eigenvalue weighted by atomic mass is 9.50. The highest BCUT2D eigenvalue weighted by atomic mass is 16.5. The first-order chi connectivity index (χ1) is 17.0. The van der Waals surface area contributed by atoms with E-state index in [1.807, 2.05) is 66.7 Å². The van der Waals surface area contributed by atoms with Crippen molar-refractivity contribution in [1.82, 2.24) is 0 Å². The molecule has 0 amide bonds. The summed E-state index contributed by atoms with van der Waals surface area (Å²) in [6.45, 7) is 4.03. The third-order valence-corrected chi connectivity index (χ3v) is 7.30. The molecule has 0 saturated carbocycles. The topological polar surface area (TPSA) is 63.6 Å². The third kappa shape index (κ3) is 3.45. The van der Waals surface area contributed by atoms with E-state index in [0.717, 1.165) is 22.3 Å². The largest absolute Gasteiger partial charge is 0.504 e. The van der Waals surface area contributed by atoms with E-state index in [0.29, 0.717) is 17.7 Å². The highest BCUT2D eigenvalue weighted by molar-refractivity contribution is 6.31. The van der Waals surface area contributed by atoms with Gasteiger partial charge in [-0.2, -0.15) is 0 Å². The van der Waals surface area contributed by atoms with Crippen LogP contribution < -0.4 is 4.74 Å². The summed E-state index contributed by atoms with van der Waals surface area (Å²) in [6, 6.07) is 24.0. The van der Waals surface area contributed by atoms with Gasteiger partial charge in [-0.1, -0.05) is 85.5 Å². The number of phenolic OH excluding ortho intramolecular Hbond substituents is 1. The van der Waals surface area contributed by atoms with Crippen molar-refractivity contribution in [1.29, 1.82) is 0 Å². The predicted molar refractivity (Wildman–Crippen MR) is 136 cm³/mol. The zero-order valence-electron chi connectivity index (χ0n) is 19.5. The Balaban J connectivity index is 1.81. The molecule has 174 valence electrons. The van der Waals surface area contributed by atoms with Crippen LogP contribution in [0.15, 0.2) is 109 Å². The van der Waals surface area contributed by atoms with Crippen LogP contribution in [-0.4, -0.2) is 23.8 Å². The Bertz CT molecular complexity index is 1370. The number of methoxy groups -OCH3 is 1. The molecule has 0 aromatic heterocycles. The fourth-order valence-electron chi connectivity index (χ4n) is 5.76. The number of ether oxygens (including phenoxy) is 1. The first-order valence-electron chi connectivity index (χ1n) is 11.6. The van der Waals surface area contributed by atoms with Gasteiger partial charge < -0.3 is 9.84 Å². The number of Topliss-reactive ketones (excluding diaryl/α,β-unsaturated/α-hetero) is 1. The van der Waals surface area contributed by atoms with Crippen molar-refractivity contribution in [2.45, 2.75) is 17.8 Å². The zero-order chi connectivity index (χ0) is 24.6. The van der Waals surface area contributed by atoms with Crippen LogP contribution in [0, 0.1) is 5.92 Å². The molecule has 0 heterocycles. The summed E-state index contributed by atoms with van der Waals surface area (Å²) in [5.74, 6) is -0.914. The SMILES string of the molecule is C=CC1=CC[C@H]2C(=O)C(c3ccccc3)=CC(=O)[C@@]2(c2ccccc2)[C@H]1c1ccc(O)c(OC)c1. The fraction of sp³-hybridized carbons (Fsp3) is 0.161. The quantitative estimate of drug-likeness (QED) is 0.521. The van der Waals surface area contributed by atoms with E-state index >= 15 is 0 Å². The second kappa shape index (κ2) is 8.88. The van der Waals surface area contributed by atoms with Crippen molar-refractivity contribution in [3.8, 4) is 11.5 Å². The van der Waals surface area contributed by atoms with Gasteiger partial charge in [-0.3, -0.25) is 9.59 Å². The van der Waals surface area contributed by atoms with Gasteiger partial charge in [-0.05, 0) is 46.9 Å². The molecule has 0 saturated heterocycles. The van der Waals surface area contributed by atoms with Gasteiger partial charge in [0.2, 0.25) is 0 Å². The van der Waals surface area contributed by atoms with Gasteiger partial charge in [0.25, 0.3) is 0 Å². The van der Waals surface area contributed by atoms with Gasteiger partial charge in [0.1, 0.15) is 0 Å². The maximum atomic E-state index is 14.4. The molecule has 0 radical (unpaired) electrons. The van der Waals surface area contributed by atoms with Gasteiger partial charge in [0.15, 0.2) is 23.1 Å². The Hall–Kier alpha value is -4.18. The molecule has 4 heteroatoms. The summed E-state index contributed by atoms with van der Waals surface area (Å²) in [5, 5.41) is 10.2. The lowest BCUT2D eigenvalue weighted by Gasteiger charge is -2.49. The Kier molecular flexibility index (Phi) is 5.73. The van der Waals surface area contributed by atoms with E-state index in [4.69, 9.17) is 4.74 Å². The number of hydrogen-bond acceptors (Lipinski definition) is 4. The molecular weight excluding hydrogens is 436 g/mol. The molecule has 2 aliphatic carbocycles. The molecule has 0 bridgehead atoms. The van der Waals surface area contributed by atoms with Crippen LogP contribution in [0.5, 0.6) is 11.5 Å². The molecule has 0 fully saturated rings. The van der Waals surface area contributed by atoms with E-state index in [2.05, 4.69) is 6.58 Å². The number of allylic oxidation sites excluding steroid dienone is 5. The average Bonchev–Trinajstić information content (AvgIpc) is 2.91. The Labute approximate surface area is 204 Å². The van der Waals surface area contributed by atoms with Crippen LogP contribution in [0.1, 0.15) is 29.0 Å². The van der Waals surface area contributed by atoms with Crippen LogP contribution in [0.3, 0.4) is 0 Å². The maximum absolute atomic E-state index is 14.4. The number of aromatic hydroxyl groups is 1. The van der Waals surface area contributed by atoms with Crippen molar-refractivity contribution in [2.24, 2.45) is 5.92 Å². The van der Waals surface area contributed by atoms with Crippen molar-refractivity contribution in [3.63, 3.8) is 0 Å². The zero-order valence-corrected chi connectivity index (χ0v) is 19.5. The second-order valence-electron chi connectivity index (χ2n) is 8.95. The molecule has 0 aliphatic heterocycles. The van der Waals surface area contributed by atoms with E-state index in [1.165, 1.54) is 13.2 Å². The molecule has 0 spiro atoms. The van der Waals surface area contributed by atoms with Crippen molar-refractivity contribution >= 4 is 17.1 Å². The first kappa shape index (κ1) is 22.6. The molecule has 0 unspecified atom stereocenters. The number of carbonyl (C=O) groups excluding carboxylic acids is 2. The number of ketones is 2. The summed E-state index contributed by atoms with van der Waals surface area (Å²) in [5.41, 5.74) is 2.47. The van der Waals surface area contributed by atoms with Crippen LogP contribution in [0.25, 0.3) is 5.57 Å². The number of fused-ring (bicyclic) bond motifs is 1. The molecule has 4 nitrogen and oxygen atoms in total. The average molecular weight is 463 g/mol. The normalized spacial score (nSPS) is 23.7. The molecule has 3 atom stereocenters. The van der Waals surface area contributed by atoms with Crippen molar-refractivity contribution in [3.05, 3.63) is 126 Å². The first-order valence-corrected chi connectivity index (χ1v) is 11.6. The van der Waals surface area contributed by atoms with E-state index in [1.54, 1.807) is 24.3 Å². The lowest BCUT2D eigenvalue weighted by Crippen LogP contribution is -2.54. The Morgan fingerprint density at radius 3 is 2.34 bits per heavy atom. The van der Waals surface area contributed by atoms with Crippen molar-refractivity contribution < 1.29 is 19.4 Å². The summed E-state index contributed by atoms with van der Waals surface area (Å²) in [4.78, 5) is 28.5. The Morgan fingerprint density at radius 2 is 1.69 bits per heavy atom. The van der Waals surface area contributed by atoms with Gasteiger partial charge in [0.05, 0.1) is 12.5 Å². The van der Waals surface area contributed by atoms with Crippen LogP contribution in [0.4, 0.5) is 0 Å². The highest BCUT2D eigenvalue weighted by Gasteiger charge is 2.59. The van der Waals surface area contributed by atoms with Crippen LogP contribution in [-0.2, 0) is 15.0 Å². The van der Waals surface area contributed by atoms with E-state index in [-0.39, 0.29) is 17.3 Å². The molecule has 1 N–H and O–H groups in total. The fourth-order valence-corrected chi connectivity index (χ4v) is 5.76. The highest BCUT2D eigenvalue weighted by Crippen LogP contribution is 2.57. The summed E-state index contributed by atoms with van der Waals surface area (Å²) in [7, 11) is 1.49. The molecule has 2 aliphatic rings. The monoisotopic (exact) mass is 462 g/mol. The molecule has 5 rings (SSSR count). The van der Waals surface area contributed by atoms with Gasteiger partial charge >= 0.3 is 0 Å². The van der Waals surface area contributed by atoms with Crippen molar-refractivity contribution in [2.75, 3.05) is 7.11 Å². The number of hydrogen-bond donors (Lipinski definition) is 1. The minimum atomic E-state index is -1.16. The van der Waals surface area contributed by atoms with Crippen LogP contribution >= 0.6 is 0 Å². The predicted octanol–water partition coefficient (Wildman–Crippen LogP) is 5.79. The summed E-state index contributed by atoms with van der Waals surface area (Å²) < 4.78 is 5.38. The van der Waals surface area contributed by atoms with Gasteiger partial charge in [-0.25, -0.2) is 0 Å². The molecule has 3 aromatic rings. The summed E-state index contributed by atoms with van der Waals surface area (Å²) in [6.07, 6.45) is 5.73. The molecular formula is C31H26O4. The van der Waals surface area contributed by atoms with Crippen LogP contribution in [0.2, 0.25) is 0 Å². The maximum Gasteiger partial charge on any atom is 0.168 e. The van der Waals surface area contributed by atoms with E-state index < -0.39 is 17.3 Å². The number of carbonyl (C=O) groups is 2. The molecule has 35 heavy (non-hydrogen) atoms. The molecule has 3 aromatic carbocycles. The lowest BCUT2D eigenvalue weighted by molar-refractivity contribution is -0.131. The number of benzene rings is 3. The minimum absolute atomic E-state index is 0.0128. The smallest absolute Gasteiger partial charge is 0.168 e. The number of rotatable bonds is 5. The number of phenols is 1. The summed E-state index contributed by atoms with van der Waals surface area (Å²) >= 11 is 0. The van der Waals surface area contributed by atoms with Gasteiger partial charge in [0, 0.05) is 17.4 Å².